The number of carbonyl (C=O) groups excluding carboxylic acids is 2. The second kappa shape index (κ2) is 11.7. The summed E-state index contributed by atoms with van der Waals surface area (Å²) in [6.07, 6.45) is 0.644. The van der Waals surface area contributed by atoms with Gasteiger partial charge in [0.05, 0.1) is 10.9 Å². The van der Waals surface area contributed by atoms with Crippen LogP contribution in [0.1, 0.15) is 34.1 Å². The molecule has 1 aromatic heterocycles. The van der Waals surface area contributed by atoms with Crippen LogP contribution < -0.4 is 10.6 Å². The van der Waals surface area contributed by atoms with Crippen molar-refractivity contribution in [1.29, 1.82) is 0 Å². The second-order valence-corrected chi connectivity index (χ2v) is 11.2. The highest BCUT2D eigenvalue weighted by molar-refractivity contribution is 8.00. The van der Waals surface area contributed by atoms with Gasteiger partial charge in [0.2, 0.25) is 5.91 Å². The molecule has 0 spiro atoms. The zero-order valence-corrected chi connectivity index (χ0v) is 22.6. The standard InChI is InChI=1S/C28H26ClN3O2S2/c1-4-24(27(34)32-28-31-25(18(3)35-28)19-13-11-17(2)12-14-19)36-23-10-6-9-22(16-23)30-26(33)20-7-5-8-21(29)15-20/h5-16,24H,4H2,1-3H3,(H,30,33)(H,31,32,34). The summed E-state index contributed by atoms with van der Waals surface area (Å²) in [4.78, 5) is 32.3. The van der Waals surface area contributed by atoms with Crippen LogP contribution in [0.5, 0.6) is 0 Å². The zero-order valence-electron chi connectivity index (χ0n) is 20.2. The SMILES string of the molecule is CCC(Sc1cccc(NC(=O)c2cccc(Cl)c2)c1)C(=O)Nc1nc(-c2ccc(C)cc2)c(C)s1. The number of hydrogen-bond acceptors (Lipinski definition) is 5. The molecular formula is C28H26ClN3O2S2. The average Bonchev–Trinajstić information content (AvgIpc) is 3.22. The number of aromatic nitrogens is 1. The number of nitrogens with one attached hydrogen (secondary N) is 2. The highest BCUT2D eigenvalue weighted by Gasteiger charge is 2.21. The van der Waals surface area contributed by atoms with Crippen LogP contribution in [0.15, 0.2) is 77.7 Å². The summed E-state index contributed by atoms with van der Waals surface area (Å²) >= 11 is 8.93. The van der Waals surface area contributed by atoms with E-state index in [-0.39, 0.29) is 17.1 Å². The summed E-state index contributed by atoms with van der Waals surface area (Å²) in [5.41, 5.74) is 4.25. The van der Waals surface area contributed by atoms with Crippen molar-refractivity contribution in [3.63, 3.8) is 0 Å². The van der Waals surface area contributed by atoms with Gasteiger partial charge in [-0.3, -0.25) is 9.59 Å². The monoisotopic (exact) mass is 535 g/mol. The van der Waals surface area contributed by atoms with Crippen LogP contribution in [0.2, 0.25) is 5.02 Å². The van der Waals surface area contributed by atoms with Gasteiger partial charge in [-0.05, 0) is 56.7 Å². The van der Waals surface area contributed by atoms with Crippen LogP contribution >= 0.6 is 34.7 Å². The molecule has 0 aliphatic rings. The van der Waals surface area contributed by atoms with Gasteiger partial charge < -0.3 is 10.6 Å². The molecule has 36 heavy (non-hydrogen) atoms. The molecule has 0 saturated carbocycles. The fourth-order valence-electron chi connectivity index (χ4n) is 3.58. The third kappa shape index (κ3) is 6.55. The summed E-state index contributed by atoms with van der Waals surface area (Å²) < 4.78 is 0. The van der Waals surface area contributed by atoms with Gasteiger partial charge >= 0.3 is 0 Å². The summed E-state index contributed by atoms with van der Waals surface area (Å²) in [7, 11) is 0. The molecule has 0 fully saturated rings. The number of thioether (sulfide) groups is 1. The van der Waals surface area contributed by atoms with E-state index in [0.717, 1.165) is 21.0 Å². The van der Waals surface area contributed by atoms with E-state index >= 15 is 0 Å². The molecule has 0 bridgehead atoms. The molecular weight excluding hydrogens is 510 g/mol. The number of carbonyl (C=O) groups is 2. The van der Waals surface area contributed by atoms with Crippen molar-refractivity contribution in [3.05, 3.63) is 93.8 Å². The molecule has 2 N–H and O–H groups in total. The fourth-order valence-corrected chi connectivity index (χ4v) is 5.62. The second-order valence-electron chi connectivity index (χ2n) is 8.29. The summed E-state index contributed by atoms with van der Waals surface area (Å²) in [6.45, 7) is 6.04. The minimum Gasteiger partial charge on any atom is -0.322 e. The van der Waals surface area contributed by atoms with Crippen LogP contribution in [0, 0.1) is 13.8 Å². The minimum absolute atomic E-state index is 0.0972. The third-order valence-corrected chi connectivity index (χ3v) is 7.95. The van der Waals surface area contributed by atoms with Crippen LogP contribution in [-0.2, 0) is 4.79 Å². The summed E-state index contributed by atoms with van der Waals surface area (Å²) in [6, 6.07) is 22.5. The molecule has 0 saturated heterocycles. The van der Waals surface area contributed by atoms with E-state index in [1.807, 2.05) is 50.2 Å². The number of benzene rings is 3. The number of aryl methyl sites for hydroxylation is 2. The minimum atomic E-state index is -0.309. The molecule has 1 heterocycles. The van der Waals surface area contributed by atoms with Gasteiger partial charge in [0.1, 0.15) is 0 Å². The molecule has 1 unspecified atom stereocenters. The van der Waals surface area contributed by atoms with Gasteiger partial charge in [0.25, 0.3) is 5.91 Å². The van der Waals surface area contributed by atoms with Gasteiger partial charge in [0.15, 0.2) is 5.13 Å². The van der Waals surface area contributed by atoms with E-state index in [4.69, 9.17) is 11.6 Å². The first kappa shape index (κ1) is 25.9. The highest BCUT2D eigenvalue weighted by atomic mass is 35.5. The average molecular weight is 536 g/mol. The van der Waals surface area contributed by atoms with Crippen molar-refractivity contribution in [2.45, 2.75) is 37.3 Å². The Balaban J connectivity index is 1.42. The lowest BCUT2D eigenvalue weighted by atomic mass is 10.1. The normalized spacial score (nSPS) is 11.7. The largest absolute Gasteiger partial charge is 0.322 e. The Hall–Kier alpha value is -3.13. The van der Waals surface area contributed by atoms with Crippen LogP contribution in [-0.4, -0.2) is 22.0 Å². The van der Waals surface area contributed by atoms with Gasteiger partial charge in [-0.1, -0.05) is 60.5 Å². The maximum atomic E-state index is 13.1. The lowest BCUT2D eigenvalue weighted by molar-refractivity contribution is -0.115. The van der Waals surface area contributed by atoms with Gasteiger partial charge in [-0.15, -0.1) is 23.1 Å². The van der Waals surface area contributed by atoms with Crippen LogP contribution in [0.3, 0.4) is 0 Å². The van der Waals surface area contributed by atoms with Crippen molar-refractivity contribution in [2.75, 3.05) is 10.6 Å². The summed E-state index contributed by atoms with van der Waals surface area (Å²) in [5.74, 6) is -0.340. The Morgan fingerprint density at radius 3 is 2.47 bits per heavy atom. The molecule has 4 aromatic rings. The third-order valence-electron chi connectivity index (χ3n) is 5.47. The van der Waals surface area contributed by atoms with Crippen molar-refractivity contribution in [2.24, 2.45) is 0 Å². The smallest absolute Gasteiger partial charge is 0.255 e. The van der Waals surface area contributed by atoms with Gasteiger partial charge in [-0.25, -0.2) is 4.98 Å². The first-order valence-electron chi connectivity index (χ1n) is 11.5. The van der Waals surface area contributed by atoms with Crippen molar-refractivity contribution >= 4 is 57.3 Å². The number of hydrogen-bond donors (Lipinski definition) is 2. The van der Waals surface area contributed by atoms with E-state index in [9.17, 15) is 9.59 Å². The first-order valence-corrected chi connectivity index (χ1v) is 13.6. The van der Waals surface area contributed by atoms with E-state index in [2.05, 4.69) is 34.7 Å². The van der Waals surface area contributed by atoms with Gasteiger partial charge in [0, 0.05) is 31.6 Å². The Morgan fingerprint density at radius 2 is 1.75 bits per heavy atom. The Bertz CT molecular complexity index is 1390. The molecule has 8 heteroatoms. The molecule has 2 amide bonds. The van der Waals surface area contributed by atoms with Crippen molar-refractivity contribution in [1.82, 2.24) is 4.98 Å². The quantitative estimate of drug-likeness (QED) is 0.225. The number of thiazole rings is 1. The van der Waals surface area contributed by atoms with E-state index < -0.39 is 0 Å². The Kier molecular flexibility index (Phi) is 8.46. The topological polar surface area (TPSA) is 71.1 Å². The van der Waals surface area contributed by atoms with Crippen molar-refractivity contribution in [3.8, 4) is 11.3 Å². The number of halogens is 1. The lowest BCUT2D eigenvalue weighted by Crippen LogP contribution is -2.24. The van der Waals surface area contributed by atoms with Gasteiger partial charge in [-0.2, -0.15) is 0 Å². The Morgan fingerprint density at radius 1 is 1.00 bits per heavy atom. The number of rotatable bonds is 8. The molecule has 4 rings (SSSR count). The molecule has 0 radical (unpaired) electrons. The number of amides is 2. The first-order chi connectivity index (χ1) is 17.3. The Labute approximate surface area is 224 Å². The predicted octanol–water partition coefficient (Wildman–Crippen LogP) is 7.84. The predicted molar refractivity (Wildman–Crippen MR) is 151 cm³/mol. The van der Waals surface area contributed by atoms with Crippen molar-refractivity contribution < 1.29 is 9.59 Å². The molecule has 3 aromatic carbocycles. The lowest BCUT2D eigenvalue weighted by Gasteiger charge is -2.14. The highest BCUT2D eigenvalue weighted by Crippen LogP contribution is 2.32. The van der Waals surface area contributed by atoms with Crippen LogP contribution in [0.25, 0.3) is 11.3 Å². The molecule has 184 valence electrons. The maximum Gasteiger partial charge on any atom is 0.255 e. The fraction of sp³-hybridized carbons (Fsp3) is 0.179. The number of anilines is 2. The molecule has 0 aliphatic carbocycles. The zero-order chi connectivity index (χ0) is 25.7. The van der Waals surface area contributed by atoms with E-state index in [0.29, 0.717) is 27.8 Å². The maximum absolute atomic E-state index is 13.1. The molecule has 5 nitrogen and oxygen atoms in total. The summed E-state index contributed by atoms with van der Waals surface area (Å²) in [5, 5.41) is 6.68. The molecule has 1 atom stereocenters. The van der Waals surface area contributed by atoms with Crippen LogP contribution in [0.4, 0.5) is 10.8 Å². The van der Waals surface area contributed by atoms with E-state index in [1.54, 1.807) is 24.3 Å². The molecule has 0 aliphatic heterocycles. The number of nitrogens with zero attached hydrogens (tertiary/aromatic N) is 1. The van der Waals surface area contributed by atoms with E-state index in [1.165, 1.54) is 28.7 Å².